The summed E-state index contributed by atoms with van der Waals surface area (Å²) in [6.07, 6.45) is 2.72. The van der Waals surface area contributed by atoms with Crippen molar-refractivity contribution in [1.29, 1.82) is 5.41 Å². The van der Waals surface area contributed by atoms with E-state index >= 15 is 0 Å². The van der Waals surface area contributed by atoms with Gasteiger partial charge in [0.1, 0.15) is 0 Å². The molecule has 1 unspecified atom stereocenters. The minimum atomic E-state index is 0.233. The number of hydrogen-bond donors (Lipinski definition) is 2. The fraction of sp³-hybridized carbons (Fsp3) is 0.714. The summed E-state index contributed by atoms with van der Waals surface area (Å²) in [5.41, 5.74) is 0. The highest BCUT2D eigenvalue weighted by molar-refractivity contribution is 14.1. The van der Waals surface area contributed by atoms with Gasteiger partial charge in [0.25, 0.3) is 0 Å². The molecule has 0 aromatic rings. The van der Waals surface area contributed by atoms with E-state index < -0.39 is 0 Å². The number of hydrogen-bond acceptors (Lipinski definition) is 3. The zero-order chi connectivity index (χ0) is 8.69. The highest BCUT2D eigenvalue weighted by atomic mass is 127. The van der Waals surface area contributed by atoms with Crippen molar-refractivity contribution < 1.29 is 0 Å². The first-order valence-corrected chi connectivity index (χ1v) is 4.86. The third-order valence-corrected chi connectivity index (χ3v) is 2.70. The van der Waals surface area contributed by atoms with Crippen LogP contribution in [0.3, 0.4) is 0 Å². The Morgan fingerprint density at radius 2 is 2.36 bits per heavy atom. The van der Waals surface area contributed by atoms with Crippen LogP contribution in [0.5, 0.6) is 0 Å². The Hall–Kier alpha value is 0.0300. The molecule has 11 heavy (non-hydrogen) atoms. The van der Waals surface area contributed by atoms with Crippen molar-refractivity contribution in [2.45, 2.75) is 23.9 Å². The van der Waals surface area contributed by atoms with Crippen molar-refractivity contribution in [3.8, 4) is 0 Å². The lowest BCUT2D eigenvalue weighted by molar-refractivity contribution is 0.609. The molecule has 0 fully saturated rings. The molecule has 3 nitrogen and oxygen atoms in total. The molecule has 0 aromatic carbocycles. The summed E-state index contributed by atoms with van der Waals surface area (Å²) < 4.78 is 0.355. The molecule has 0 saturated carbocycles. The zero-order valence-electron chi connectivity index (χ0n) is 6.84. The lowest BCUT2D eigenvalue weighted by Gasteiger charge is -2.14. The second kappa shape index (κ2) is 6.72. The Morgan fingerprint density at radius 1 is 1.73 bits per heavy atom. The number of nitrogens with zero attached hydrogens (tertiary/aromatic N) is 1. The summed E-state index contributed by atoms with van der Waals surface area (Å²) in [7, 11) is 0. The van der Waals surface area contributed by atoms with E-state index in [9.17, 15) is 0 Å². The van der Waals surface area contributed by atoms with Gasteiger partial charge in [0.2, 0.25) is 0 Å². The van der Waals surface area contributed by atoms with E-state index in [-0.39, 0.29) is 6.04 Å². The van der Waals surface area contributed by atoms with Crippen molar-refractivity contribution in [3.05, 3.63) is 0 Å². The Kier molecular flexibility index (Phi) is 6.74. The summed E-state index contributed by atoms with van der Waals surface area (Å²) in [6.45, 7) is 5.05. The van der Waals surface area contributed by atoms with E-state index in [4.69, 9.17) is 5.41 Å². The lowest BCUT2D eigenvalue weighted by Crippen LogP contribution is -2.31. The van der Waals surface area contributed by atoms with Gasteiger partial charge in [0.15, 0.2) is 0 Å². The van der Waals surface area contributed by atoms with E-state index in [0.717, 1.165) is 6.54 Å². The topological polar surface area (TPSA) is 48.2 Å². The summed E-state index contributed by atoms with van der Waals surface area (Å²) in [4.78, 5) is 4.12. The van der Waals surface area contributed by atoms with Gasteiger partial charge < -0.3 is 10.7 Å². The fourth-order valence-electron chi connectivity index (χ4n) is 0.620. The number of nitrogens with one attached hydrogen (secondary N) is 2. The number of aliphatic imine (C=N–C) groups is 1. The summed E-state index contributed by atoms with van der Waals surface area (Å²) >= 11 is 2.31. The van der Waals surface area contributed by atoms with E-state index in [0.29, 0.717) is 4.05 Å². The molecule has 0 aromatic heterocycles. The molecule has 0 spiro atoms. The average Bonchev–Trinajstić information content (AvgIpc) is 2.00. The second-order valence-electron chi connectivity index (χ2n) is 2.16. The predicted octanol–water partition coefficient (Wildman–Crippen LogP) is 1.47. The van der Waals surface area contributed by atoms with E-state index in [1.54, 1.807) is 0 Å². The molecule has 4 heteroatoms. The van der Waals surface area contributed by atoms with Crippen LogP contribution in [0.15, 0.2) is 4.99 Å². The summed E-state index contributed by atoms with van der Waals surface area (Å²) in [5.74, 6) is 0. The van der Waals surface area contributed by atoms with Crippen LogP contribution in [0.1, 0.15) is 13.8 Å². The molecule has 0 bridgehead atoms. The van der Waals surface area contributed by atoms with E-state index in [1.807, 2.05) is 6.92 Å². The van der Waals surface area contributed by atoms with Crippen LogP contribution in [0, 0.1) is 5.41 Å². The van der Waals surface area contributed by atoms with Crippen LogP contribution in [-0.2, 0) is 0 Å². The third kappa shape index (κ3) is 5.32. The average molecular weight is 267 g/mol. The monoisotopic (exact) mass is 267 g/mol. The van der Waals surface area contributed by atoms with Crippen molar-refractivity contribution >= 4 is 35.0 Å². The Morgan fingerprint density at radius 3 is 2.82 bits per heavy atom. The molecule has 0 amide bonds. The number of alkyl halides is 1. The minimum absolute atomic E-state index is 0.233. The van der Waals surface area contributed by atoms with Gasteiger partial charge in [0, 0.05) is 12.4 Å². The van der Waals surface area contributed by atoms with Gasteiger partial charge in [-0.15, -0.1) is 0 Å². The quantitative estimate of drug-likeness (QED) is 0.337. The first-order valence-electron chi connectivity index (χ1n) is 3.62. The fourth-order valence-corrected chi connectivity index (χ4v) is 1.25. The molecule has 0 aliphatic rings. The molecule has 2 atom stereocenters. The molecule has 2 N–H and O–H groups in total. The maximum Gasteiger partial charge on any atom is 0.0817 e. The van der Waals surface area contributed by atoms with E-state index in [2.05, 4.69) is 39.8 Å². The van der Waals surface area contributed by atoms with Gasteiger partial charge in [0.05, 0.1) is 10.1 Å². The maximum absolute atomic E-state index is 6.74. The standard InChI is InChI=1S/C7H14IN3/c1-3-10-7(8)6(2)11-5-4-9/h4-7,9-10H,3H2,1-2H3/t6-,7?/m1/s1. The smallest absolute Gasteiger partial charge is 0.0817 e. The van der Waals surface area contributed by atoms with Crippen LogP contribution in [0.2, 0.25) is 0 Å². The molecule has 0 heterocycles. The third-order valence-electron chi connectivity index (χ3n) is 1.22. The van der Waals surface area contributed by atoms with Crippen molar-refractivity contribution in [3.63, 3.8) is 0 Å². The van der Waals surface area contributed by atoms with Crippen molar-refractivity contribution in [1.82, 2.24) is 5.32 Å². The SMILES string of the molecule is CCNC(I)[C@@H](C)N=CC=N. The van der Waals surface area contributed by atoms with Crippen molar-refractivity contribution in [2.75, 3.05) is 6.54 Å². The van der Waals surface area contributed by atoms with Gasteiger partial charge in [-0.2, -0.15) is 0 Å². The van der Waals surface area contributed by atoms with Gasteiger partial charge in [-0.1, -0.05) is 29.5 Å². The van der Waals surface area contributed by atoms with E-state index in [1.165, 1.54) is 12.4 Å². The lowest BCUT2D eigenvalue weighted by atomic mass is 10.3. The Balaban J connectivity index is 3.71. The Labute approximate surface area is 81.3 Å². The minimum Gasteiger partial charge on any atom is -0.307 e. The zero-order valence-corrected chi connectivity index (χ0v) is 9.00. The highest BCUT2D eigenvalue weighted by Crippen LogP contribution is 2.05. The normalized spacial score (nSPS) is 16.6. The second-order valence-corrected chi connectivity index (χ2v) is 3.51. The van der Waals surface area contributed by atoms with Gasteiger partial charge >= 0.3 is 0 Å². The molecule has 0 aliphatic heterocycles. The van der Waals surface area contributed by atoms with Crippen LogP contribution in [0.25, 0.3) is 0 Å². The first-order chi connectivity index (χ1) is 5.22. The molecule has 0 aliphatic carbocycles. The Bertz CT molecular complexity index is 136. The van der Waals surface area contributed by atoms with Gasteiger partial charge in [-0.05, 0) is 13.5 Å². The van der Waals surface area contributed by atoms with Crippen LogP contribution < -0.4 is 5.32 Å². The molecular weight excluding hydrogens is 253 g/mol. The predicted molar refractivity (Wildman–Crippen MR) is 58.2 cm³/mol. The van der Waals surface area contributed by atoms with Gasteiger partial charge in [-0.3, -0.25) is 4.99 Å². The molecule has 0 radical (unpaired) electrons. The van der Waals surface area contributed by atoms with Crippen LogP contribution in [0.4, 0.5) is 0 Å². The molecular formula is C7H14IN3. The maximum atomic E-state index is 6.74. The summed E-state index contributed by atoms with van der Waals surface area (Å²) in [5, 5.41) is 9.99. The van der Waals surface area contributed by atoms with Gasteiger partial charge in [-0.25, -0.2) is 0 Å². The number of rotatable bonds is 5. The molecule has 0 saturated heterocycles. The highest BCUT2D eigenvalue weighted by Gasteiger charge is 2.08. The largest absolute Gasteiger partial charge is 0.307 e. The first kappa shape index (κ1) is 11.0. The summed E-state index contributed by atoms with van der Waals surface area (Å²) in [6, 6.07) is 0.233. The number of halogens is 1. The van der Waals surface area contributed by atoms with Crippen LogP contribution >= 0.6 is 22.6 Å². The molecule has 64 valence electrons. The molecule has 0 rings (SSSR count). The van der Waals surface area contributed by atoms with Crippen molar-refractivity contribution in [2.24, 2.45) is 4.99 Å². The number of likely N-dealkylation sites (N-methyl/N-ethyl adjacent to an activating group) is 1. The van der Waals surface area contributed by atoms with Crippen LogP contribution in [-0.4, -0.2) is 29.1 Å².